The van der Waals surface area contributed by atoms with Gasteiger partial charge in [0, 0.05) is 13.2 Å². The van der Waals surface area contributed by atoms with E-state index < -0.39 is 18.7 Å². The van der Waals surface area contributed by atoms with E-state index >= 15 is 0 Å². The maximum Gasteiger partial charge on any atom is 0.185 e. The summed E-state index contributed by atoms with van der Waals surface area (Å²) in [7, 11) is 0. The Morgan fingerprint density at radius 2 is 1.25 bits per heavy atom. The number of hydrogen-bond acceptors (Lipinski definition) is 5. The first-order valence-electron chi connectivity index (χ1n) is 3.90. The summed E-state index contributed by atoms with van der Waals surface area (Å²) in [5, 5.41) is 27.1. The zero-order valence-corrected chi connectivity index (χ0v) is 7.30. The SMILES string of the molecule is CCOC(O)C(O)C(O)OCC. The molecule has 0 amide bonds. The number of rotatable bonds is 6. The molecule has 74 valence electrons. The standard InChI is InChI=1S/C7H16O5/c1-3-11-6(9)5(8)7(10)12-4-2/h5-10H,3-4H2,1-2H3. The van der Waals surface area contributed by atoms with Crippen molar-refractivity contribution in [1.29, 1.82) is 0 Å². The summed E-state index contributed by atoms with van der Waals surface area (Å²) in [6.07, 6.45) is -4.24. The maximum atomic E-state index is 9.10. The molecule has 0 aliphatic carbocycles. The largest absolute Gasteiger partial charge is 0.382 e. The monoisotopic (exact) mass is 180 g/mol. The molecule has 0 bridgehead atoms. The van der Waals surface area contributed by atoms with Gasteiger partial charge in [0.1, 0.15) is 0 Å². The first-order valence-corrected chi connectivity index (χ1v) is 3.90. The lowest BCUT2D eigenvalue weighted by atomic mass is 10.3. The molecule has 0 spiro atoms. The van der Waals surface area contributed by atoms with Crippen LogP contribution in [0.1, 0.15) is 13.8 Å². The molecule has 0 aromatic heterocycles. The van der Waals surface area contributed by atoms with Gasteiger partial charge in [-0.1, -0.05) is 0 Å². The highest BCUT2D eigenvalue weighted by Gasteiger charge is 2.24. The summed E-state index contributed by atoms with van der Waals surface area (Å²) in [5.74, 6) is 0. The molecule has 0 saturated carbocycles. The molecule has 0 radical (unpaired) electrons. The van der Waals surface area contributed by atoms with Crippen LogP contribution in [0, 0.1) is 0 Å². The van der Waals surface area contributed by atoms with Crippen molar-refractivity contribution in [3.05, 3.63) is 0 Å². The summed E-state index contributed by atoms with van der Waals surface area (Å²) in [6, 6.07) is 0. The molecule has 0 aromatic rings. The Balaban J connectivity index is 3.73. The molecule has 5 nitrogen and oxygen atoms in total. The van der Waals surface area contributed by atoms with E-state index in [0.29, 0.717) is 0 Å². The van der Waals surface area contributed by atoms with E-state index in [1.807, 2.05) is 0 Å². The molecule has 5 heteroatoms. The quantitative estimate of drug-likeness (QED) is 0.460. The van der Waals surface area contributed by atoms with Crippen LogP contribution >= 0.6 is 0 Å². The number of hydrogen-bond donors (Lipinski definition) is 3. The van der Waals surface area contributed by atoms with Crippen molar-refractivity contribution >= 4 is 0 Å². The lowest BCUT2D eigenvalue weighted by molar-refractivity contribution is -0.242. The molecular formula is C7H16O5. The van der Waals surface area contributed by atoms with Crippen molar-refractivity contribution < 1.29 is 24.8 Å². The van der Waals surface area contributed by atoms with Crippen LogP contribution in [0.4, 0.5) is 0 Å². The number of aliphatic hydroxyl groups excluding tert-OH is 3. The molecule has 2 unspecified atom stereocenters. The fourth-order valence-electron chi connectivity index (χ4n) is 0.680. The van der Waals surface area contributed by atoms with E-state index in [2.05, 4.69) is 9.47 Å². The van der Waals surface area contributed by atoms with Crippen LogP contribution in [-0.4, -0.2) is 47.2 Å². The molecule has 0 aromatic carbocycles. The second kappa shape index (κ2) is 6.33. The zero-order chi connectivity index (χ0) is 9.56. The Labute approximate surface area is 71.5 Å². The summed E-state index contributed by atoms with van der Waals surface area (Å²) in [6.45, 7) is 3.86. The van der Waals surface area contributed by atoms with Crippen LogP contribution < -0.4 is 0 Å². The van der Waals surface area contributed by atoms with Crippen molar-refractivity contribution in [1.82, 2.24) is 0 Å². The van der Waals surface area contributed by atoms with Gasteiger partial charge in [-0.15, -0.1) is 0 Å². The predicted molar refractivity (Wildman–Crippen MR) is 41.3 cm³/mol. The minimum Gasteiger partial charge on any atom is -0.382 e. The van der Waals surface area contributed by atoms with Gasteiger partial charge < -0.3 is 24.8 Å². The van der Waals surface area contributed by atoms with Gasteiger partial charge in [-0.05, 0) is 13.8 Å². The summed E-state index contributed by atoms with van der Waals surface area (Å²) in [5.41, 5.74) is 0. The van der Waals surface area contributed by atoms with E-state index in [4.69, 9.17) is 15.3 Å². The van der Waals surface area contributed by atoms with Gasteiger partial charge in [-0.3, -0.25) is 0 Å². The highest BCUT2D eigenvalue weighted by molar-refractivity contribution is 4.61. The average molecular weight is 180 g/mol. The zero-order valence-electron chi connectivity index (χ0n) is 7.30. The van der Waals surface area contributed by atoms with E-state index in [1.54, 1.807) is 13.8 Å². The fraction of sp³-hybridized carbons (Fsp3) is 1.00. The lowest BCUT2D eigenvalue weighted by Gasteiger charge is -2.21. The maximum absolute atomic E-state index is 9.10. The Kier molecular flexibility index (Phi) is 6.23. The van der Waals surface area contributed by atoms with Gasteiger partial charge >= 0.3 is 0 Å². The van der Waals surface area contributed by atoms with Gasteiger partial charge in [-0.2, -0.15) is 0 Å². The smallest absolute Gasteiger partial charge is 0.185 e. The van der Waals surface area contributed by atoms with Crippen LogP contribution in [0.3, 0.4) is 0 Å². The summed E-state index contributed by atoms with van der Waals surface area (Å²) >= 11 is 0. The molecule has 0 heterocycles. The molecule has 12 heavy (non-hydrogen) atoms. The van der Waals surface area contributed by atoms with E-state index in [-0.39, 0.29) is 13.2 Å². The second-order valence-electron chi connectivity index (χ2n) is 2.18. The van der Waals surface area contributed by atoms with Crippen LogP contribution in [0.25, 0.3) is 0 Å². The van der Waals surface area contributed by atoms with Crippen molar-refractivity contribution in [2.45, 2.75) is 32.5 Å². The number of ether oxygens (including phenoxy) is 2. The second-order valence-corrected chi connectivity index (χ2v) is 2.18. The summed E-state index contributed by atoms with van der Waals surface area (Å²) in [4.78, 5) is 0. The van der Waals surface area contributed by atoms with Crippen molar-refractivity contribution in [3.8, 4) is 0 Å². The molecule has 0 aliphatic heterocycles. The Morgan fingerprint density at radius 1 is 0.917 bits per heavy atom. The van der Waals surface area contributed by atoms with Gasteiger partial charge in [0.05, 0.1) is 0 Å². The van der Waals surface area contributed by atoms with Crippen molar-refractivity contribution in [3.63, 3.8) is 0 Å². The molecule has 0 aliphatic rings. The van der Waals surface area contributed by atoms with Gasteiger partial charge in [-0.25, -0.2) is 0 Å². The van der Waals surface area contributed by atoms with Gasteiger partial charge in [0.2, 0.25) is 0 Å². The van der Waals surface area contributed by atoms with Gasteiger partial charge in [0.25, 0.3) is 0 Å². The normalized spacial score (nSPS) is 18.8. The van der Waals surface area contributed by atoms with Gasteiger partial charge in [0.15, 0.2) is 18.7 Å². The third-order valence-corrected chi connectivity index (χ3v) is 1.26. The van der Waals surface area contributed by atoms with Crippen LogP contribution in [0.15, 0.2) is 0 Å². The fourth-order valence-corrected chi connectivity index (χ4v) is 0.680. The topological polar surface area (TPSA) is 79.2 Å². The molecule has 2 atom stereocenters. The lowest BCUT2D eigenvalue weighted by Crippen LogP contribution is -2.40. The van der Waals surface area contributed by atoms with E-state index in [0.717, 1.165) is 0 Å². The highest BCUT2D eigenvalue weighted by atomic mass is 16.6. The van der Waals surface area contributed by atoms with Crippen molar-refractivity contribution in [2.75, 3.05) is 13.2 Å². The summed E-state index contributed by atoms with van der Waals surface area (Å²) < 4.78 is 9.27. The minimum absolute atomic E-state index is 0.261. The first-order chi connectivity index (χ1) is 5.63. The predicted octanol–water partition coefficient (Wildman–Crippen LogP) is -0.943. The van der Waals surface area contributed by atoms with E-state index in [9.17, 15) is 0 Å². The Bertz CT molecular complexity index is 96.0. The number of aliphatic hydroxyl groups is 3. The molecule has 0 fully saturated rings. The van der Waals surface area contributed by atoms with Crippen molar-refractivity contribution in [2.24, 2.45) is 0 Å². The minimum atomic E-state index is -1.43. The molecule has 3 N–H and O–H groups in total. The van der Waals surface area contributed by atoms with Crippen LogP contribution in [0.5, 0.6) is 0 Å². The molecular weight excluding hydrogens is 164 g/mol. The molecule has 0 saturated heterocycles. The molecule has 0 rings (SSSR count). The van der Waals surface area contributed by atoms with Crippen LogP contribution in [-0.2, 0) is 9.47 Å². The Hall–Kier alpha value is -0.200. The highest BCUT2D eigenvalue weighted by Crippen LogP contribution is 2.02. The third kappa shape index (κ3) is 3.99. The van der Waals surface area contributed by atoms with E-state index in [1.165, 1.54) is 0 Å². The Morgan fingerprint density at radius 3 is 1.50 bits per heavy atom. The van der Waals surface area contributed by atoms with Crippen LogP contribution in [0.2, 0.25) is 0 Å². The third-order valence-electron chi connectivity index (χ3n) is 1.26. The average Bonchev–Trinajstić information content (AvgIpc) is 2.04. The first kappa shape index (κ1) is 11.8.